The molecule has 1 unspecified atom stereocenters. The van der Waals surface area contributed by atoms with Gasteiger partial charge in [-0.2, -0.15) is 23.4 Å². The standard InChI is InChI=1S/C51H53F4N11O6/c1-50(2,51(53,54)55)49-57-42(59-60-49)26-56-45(69)35-23-34(35)32-7-3-30(4-8-32)31-5-9-33(10-6-31)39-15-18-65(61-39)28-44(68)64-16-13-29(14-17-64)27-62-19-21-63(22-20-62)41-25-37-36(24-38(41)52)47(71)66(48(37)72)40-11-12-43(67)58-46(40)70/h3-10,15,18,24-25,29,34-35,40H,11-14,16-17,19-23,26-28H2,1-2H3,(H,56,69)(H,57,59,60)(H,58,67,70)/t34-,35+,40?/m1/s1. The number of nitrogens with one attached hydrogen (secondary N) is 3. The normalized spacial score (nSPS) is 21.0. The molecule has 3 N–H and O–H groups in total. The summed E-state index contributed by atoms with van der Waals surface area (Å²) in [5.41, 5.74) is 2.65. The summed E-state index contributed by atoms with van der Waals surface area (Å²) in [6, 6.07) is 19.3. The molecule has 3 aromatic carbocycles. The highest BCUT2D eigenvalue weighted by Gasteiger charge is 2.52. The molecule has 1 aliphatic carbocycles. The zero-order valence-corrected chi connectivity index (χ0v) is 39.7. The summed E-state index contributed by atoms with van der Waals surface area (Å²) >= 11 is 0. The van der Waals surface area contributed by atoms with Crippen LogP contribution in [0.5, 0.6) is 0 Å². The monoisotopic (exact) mass is 991 g/mol. The molecule has 376 valence electrons. The van der Waals surface area contributed by atoms with Crippen LogP contribution in [-0.4, -0.2) is 133 Å². The largest absolute Gasteiger partial charge is 0.401 e. The maximum atomic E-state index is 15.5. The van der Waals surface area contributed by atoms with Crippen molar-refractivity contribution in [2.75, 3.05) is 50.7 Å². The van der Waals surface area contributed by atoms with Gasteiger partial charge in [-0.1, -0.05) is 48.5 Å². The number of alkyl halides is 3. The predicted octanol–water partition coefficient (Wildman–Crippen LogP) is 5.20. The van der Waals surface area contributed by atoms with Crippen LogP contribution in [0.2, 0.25) is 0 Å². The maximum absolute atomic E-state index is 15.5. The summed E-state index contributed by atoms with van der Waals surface area (Å²) in [6.07, 6.45) is -0.308. The van der Waals surface area contributed by atoms with Gasteiger partial charge in [-0.15, -0.1) is 0 Å². The van der Waals surface area contributed by atoms with Crippen molar-refractivity contribution >= 4 is 41.1 Å². The fourth-order valence-corrected chi connectivity index (χ4v) is 10.2. The molecule has 5 aromatic rings. The zero-order chi connectivity index (χ0) is 50.6. The molecule has 1 saturated carbocycles. The number of nitrogens with zero attached hydrogens (tertiary/aromatic N) is 8. The highest BCUT2D eigenvalue weighted by Crippen LogP contribution is 2.48. The van der Waals surface area contributed by atoms with Gasteiger partial charge in [0, 0.05) is 69.9 Å². The first kappa shape index (κ1) is 48.3. The highest BCUT2D eigenvalue weighted by molar-refractivity contribution is 6.23. The molecule has 21 heteroatoms. The van der Waals surface area contributed by atoms with E-state index in [1.54, 1.807) is 4.68 Å². The van der Waals surface area contributed by atoms with Gasteiger partial charge in [0.05, 0.1) is 29.1 Å². The van der Waals surface area contributed by atoms with Crippen molar-refractivity contribution in [3.63, 3.8) is 0 Å². The smallest absolute Gasteiger partial charge is 0.367 e. The van der Waals surface area contributed by atoms with E-state index in [1.165, 1.54) is 6.07 Å². The number of likely N-dealkylation sites (tertiary alicyclic amines) is 1. The highest BCUT2D eigenvalue weighted by atomic mass is 19.4. The average Bonchev–Trinajstić information content (AvgIpc) is 3.64. The van der Waals surface area contributed by atoms with Crippen LogP contribution in [0.3, 0.4) is 0 Å². The van der Waals surface area contributed by atoms with Crippen molar-refractivity contribution in [3.05, 3.63) is 107 Å². The molecule has 0 radical (unpaired) electrons. The number of imide groups is 2. The Balaban J connectivity index is 0.648. The molecule has 0 bridgehead atoms. The van der Waals surface area contributed by atoms with Crippen molar-refractivity contribution in [3.8, 4) is 22.4 Å². The molecule has 0 spiro atoms. The van der Waals surface area contributed by atoms with Crippen molar-refractivity contribution in [1.29, 1.82) is 0 Å². The summed E-state index contributed by atoms with van der Waals surface area (Å²) in [4.78, 5) is 87.7. The molecule has 3 atom stereocenters. The van der Waals surface area contributed by atoms with Gasteiger partial charge in [0.1, 0.15) is 29.6 Å². The molecule has 4 aliphatic heterocycles. The van der Waals surface area contributed by atoms with E-state index in [-0.39, 0.29) is 78.0 Å². The lowest BCUT2D eigenvalue weighted by atomic mass is 9.92. The zero-order valence-electron chi connectivity index (χ0n) is 39.7. The van der Waals surface area contributed by atoms with E-state index >= 15 is 4.39 Å². The molecule has 17 nitrogen and oxygen atoms in total. The number of fused-ring (bicyclic) bond motifs is 1. The van der Waals surface area contributed by atoms with E-state index in [2.05, 4.69) is 30.7 Å². The predicted molar refractivity (Wildman–Crippen MR) is 252 cm³/mol. The topological polar surface area (TPSA) is 199 Å². The fourth-order valence-electron chi connectivity index (χ4n) is 10.2. The van der Waals surface area contributed by atoms with Gasteiger partial charge < -0.3 is 15.1 Å². The lowest BCUT2D eigenvalue weighted by molar-refractivity contribution is -0.182. The Bertz CT molecular complexity index is 2940. The molecule has 10 rings (SSSR count). The number of halogens is 4. The quantitative estimate of drug-likeness (QED) is 0.104. The third-order valence-electron chi connectivity index (χ3n) is 14.9. The van der Waals surface area contributed by atoms with Gasteiger partial charge in [0.25, 0.3) is 11.8 Å². The number of aromatic amines is 1. The Morgan fingerprint density at radius 3 is 2.14 bits per heavy atom. The van der Waals surface area contributed by atoms with E-state index in [0.717, 1.165) is 72.1 Å². The Morgan fingerprint density at radius 1 is 0.819 bits per heavy atom. The number of hydrogen-bond acceptors (Lipinski definition) is 11. The van der Waals surface area contributed by atoms with E-state index in [4.69, 9.17) is 5.10 Å². The van der Waals surface area contributed by atoms with Crippen LogP contribution in [0.1, 0.15) is 89.8 Å². The van der Waals surface area contributed by atoms with E-state index in [1.807, 2.05) is 70.6 Å². The summed E-state index contributed by atoms with van der Waals surface area (Å²) in [5, 5.41) is 15.9. The lowest BCUT2D eigenvalue weighted by Gasteiger charge is -2.39. The van der Waals surface area contributed by atoms with Gasteiger partial charge in [-0.25, -0.2) is 9.37 Å². The molecular weight excluding hydrogens is 939 g/mol. The van der Waals surface area contributed by atoms with Crippen LogP contribution in [0.25, 0.3) is 22.4 Å². The van der Waals surface area contributed by atoms with Gasteiger partial charge >= 0.3 is 6.18 Å². The second-order valence-corrected chi connectivity index (χ2v) is 19.9. The molecule has 3 saturated heterocycles. The minimum absolute atomic E-state index is 0.00172. The number of amides is 6. The number of anilines is 1. The molecule has 4 fully saturated rings. The van der Waals surface area contributed by atoms with Crippen LogP contribution in [0.4, 0.5) is 23.2 Å². The molecular formula is C51H53F4N11O6. The van der Waals surface area contributed by atoms with Crippen molar-refractivity contribution < 1.29 is 46.3 Å². The minimum atomic E-state index is -4.52. The minimum Gasteiger partial charge on any atom is -0.367 e. The van der Waals surface area contributed by atoms with Gasteiger partial charge in [0.2, 0.25) is 23.6 Å². The van der Waals surface area contributed by atoms with Crippen LogP contribution in [-0.2, 0) is 37.7 Å². The Hall–Kier alpha value is -7.29. The summed E-state index contributed by atoms with van der Waals surface area (Å²) in [5.74, 6) is -3.43. The third-order valence-corrected chi connectivity index (χ3v) is 14.9. The van der Waals surface area contributed by atoms with Crippen LogP contribution in [0, 0.1) is 17.7 Å². The van der Waals surface area contributed by atoms with Crippen LogP contribution >= 0.6 is 0 Å². The number of benzene rings is 3. The van der Waals surface area contributed by atoms with Gasteiger partial charge in [-0.05, 0) is 86.3 Å². The second-order valence-electron chi connectivity index (χ2n) is 19.9. The number of H-pyrrole nitrogens is 1. The third kappa shape index (κ3) is 9.60. The first-order valence-corrected chi connectivity index (χ1v) is 24.2. The summed E-state index contributed by atoms with van der Waals surface area (Å²) in [7, 11) is 0. The van der Waals surface area contributed by atoms with Gasteiger partial charge in [-0.3, -0.25) is 53.7 Å². The number of aromatic nitrogens is 5. The van der Waals surface area contributed by atoms with Crippen LogP contribution in [0.15, 0.2) is 72.9 Å². The lowest BCUT2D eigenvalue weighted by Crippen LogP contribution is -2.54. The second kappa shape index (κ2) is 19.0. The fraction of sp³-hybridized carbons (Fsp3) is 0.431. The van der Waals surface area contributed by atoms with E-state index in [9.17, 15) is 41.9 Å². The Kier molecular flexibility index (Phi) is 12.8. The Morgan fingerprint density at radius 2 is 1.47 bits per heavy atom. The molecule has 2 aromatic heterocycles. The summed E-state index contributed by atoms with van der Waals surface area (Å²) in [6.45, 7) is 6.60. The van der Waals surface area contributed by atoms with Crippen molar-refractivity contribution in [2.24, 2.45) is 11.8 Å². The average molecular weight is 992 g/mol. The molecule has 6 amide bonds. The number of hydrogen-bond donors (Lipinski definition) is 3. The number of piperazine rings is 1. The number of carbonyl (C=O) groups is 6. The maximum Gasteiger partial charge on any atom is 0.401 e. The number of rotatable bonds is 13. The van der Waals surface area contributed by atoms with Gasteiger partial charge in [0.15, 0.2) is 5.82 Å². The van der Waals surface area contributed by atoms with Crippen LogP contribution < -0.4 is 15.5 Å². The molecule has 6 heterocycles. The Labute approximate surface area is 411 Å². The SMILES string of the molecule is CC(C)(c1n[nH]c(CNC(=O)[C@H]2C[C@@H]2c2ccc(-c3ccc(-c4ccn(CC(=O)N5CCC(CN6CCN(c7cc8c(cc7F)C(=O)N(C7CCC(=O)NC7=O)C8=O)CC6)CC5)n4)cc3)cc2)n1)C(F)(F)F. The first-order chi connectivity index (χ1) is 34.4. The molecule has 72 heavy (non-hydrogen) atoms. The van der Waals surface area contributed by atoms with Crippen molar-refractivity contribution in [2.45, 2.75) is 82.6 Å². The molecule has 5 aliphatic rings. The summed E-state index contributed by atoms with van der Waals surface area (Å²) < 4.78 is 57.3. The van der Waals surface area contributed by atoms with E-state index in [0.29, 0.717) is 51.6 Å². The number of piperidine rings is 2. The number of carbonyl (C=O) groups excluding carboxylic acids is 6. The first-order valence-electron chi connectivity index (χ1n) is 24.2. The van der Waals surface area contributed by atoms with Crippen molar-refractivity contribution in [1.82, 2.24) is 50.3 Å². The van der Waals surface area contributed by atoms with E-state index < -0.39 is 47.1 Å².